The van der Waals surface area contributed by atoms with Gasteiger partial charge in [-0.15, -0.1) is 0 Å². The minimum Gasteiger partial charge on any atom is -0.234 e. The van der Waals surface area contributed by atoms with E-state index in [0.717, 1.165) is 19.3 Å². The summed E-state index contributed by atoms with van der Waals surface area (Å²) in [4.78, 5) is 12.3. The molecule has 108 valence electrons. The highest BCUT2D eigenvalue weighted by Gasteiger charge is 2.40. The molecule has 0 radical (unpaired) electrons. The van der Waals surface area contributed by atoms with Gasteiger partial charge in [-0.1, -0.05) is 72.9 Å². The molecule has 0 amide bonds. The van der Waals surface area contributed by atoms with E-state index in [-0.39, 0.29) is 0 Å². The first kappa shape index (κ1) is 14.4. The highest BCUT2D eigenvalue weighted by Crippen LogP contribution is 2.64. The van der Waals surface area contributed by atoms with E-state index in [0.29, 0.717) is 17.0 Å². The summed E-state index contributed by atoms with van der Waals surface area (Å²) in [5.74, 6) is 0. The first-order valence-corrected chi connectivity index (χ1v) is 9.65. The Hall–Kier alpha value is -1.55. The second-order valence-electron chi connectivity index (χ2n) is 5.77. The summed E-state index contributed by atoms with van der Waals surface area (Å²) in [6.45, 7) is -1.92. The highest BCUT2D eigenvalue weighted by molar-refractivity contribution is 7.76. The third-order valence-corrected chi connectivity index (χ3v) is 9.44. The number of carbonyl (C=O) groups excluding carboxylic acids is 1. The number of hydrogen-bond donors (Lipinski definition) is 0. The molecule has 0 saturated heterocycles. The third-order valence-electron chi connectivity index (χ3n) is 4.68. The van der Waals surface area contributed by atoms with Gasteiger partial charge in [0.25, 0.3) is 0 Å². The lowest BCUT2D eigenvalue weighted by Crippen LogP contribution is -2.26. The summed E-state index contributed by atoms with van der Waals surface area (Å²) in [5.41, 5.74) is 3.64. The van der Waals surface area contributed by atoms with Crippen molar-refractivity contribution in [2.45, 2.75) is 36.2 Å². The fourth-order valence-electron chi connectivity index (χ4n) is 3.59. The predicted octanol–water partition coefficient (Wildman–Crippen LogP) is 4.73. The van der Waals surface area contributed by atoms with E-state index in [1.165, 1.54) is 0 Å². The Bertz CT molecular complexity index is 558. The van der Waals surface area contributed by atoms with E-state index in [4.69, 9.17) is 0 Å². The van der Waals surface area contributed by atoms with Crippen LogP contribution in [0.2, 0.25) is 0 Å². The first-order chi connectivity index (χ1) is 10.4. The van der Waals surface area contributed by atoms with Gasteiger partial charge in [0.05, 0.1) is 0 Å². The molecular formula is C19H21OP. The lowest BCUT2D eigenvalue weighted by atomic mass is 10.2. The van der Waals surface area contributed by atoms with Gasteiger partial charge in [-0.3, -0.25) is 0 Å². The van der Waals surface area contributed by atoms with Crippen LogP contribution in [0.25, 0.3) is 0 Å². The molecule has 3 aliphatic rings. The maximum atomic E-state index is 12.3. The Morgan fingerprint density at radius 3 is 1.29 bits per heavy atom. The van der Waals surface area contributed by atoms with Gasteiger partial charge in [-0.2, -0.15) is 0 Å². The molecule has 0 bridgehead atoms. The van der Waals surface area contributed by atoms with E-state index in [1.807, 2.05) is 0 Å². The summed E-state index contributed by atoms with van der Waals surface area (Å²) in [7, 11) is 0. The van der Waals surface area contributed by atoms with Gasteiger partial charge >= 0.3 is 0 Å². The largest absolute Gasteiger partial charge is 0.234 e. The highest BCUT2D eigenvalue weighted by atomic mass is 31.2. The van der Waals surface area contributed by atoms with Crippen LogP contribution in [-0.4, -0.2) is 22.6 Å². The Kier molecular flexibility index (Phi) is 4.44. The van der Waals surface area contributed by atoms with Crippen LogP contribution in [0.5, 0.6) is 0 Å². The molecule has 0 aliphatic heterocycles. The normalized spacial score (nSPS) is 32.9. The van der Waals surface area contributed by atoms with Crippen molar-refractivity contribution in [3.63, 3.8) is 0 Å². The van der Waals surface area contributed by atoms with Crippen LogP contribution >= 0.6 is 6.89 Å². The molecule has 0 aromatic rings. The Balaban J connectivity index is 2.06. The zero-order valence-corrected chi connectivity index (χ0v) is 13.0. The van der Waals surface area contributed by atoms with Crippen LogP contribution in [0, 0.1) is 0 Å². The molecule has 3 aliphatic carbocycles. The van der Waals surface area contributed by atoms with E-state index in [2.05, 4.69) is 78.6 Å². The summed E-state index contributed by atoms with van der Waals surface area (Å²) in [5, 5.41) is 0. The monoisotopic (exact) mass is 296 g/mol. The topological polar surface area (TPSA) is 17.1 Å². The average molecular weight is 296 g/mol. The smallest absolute Gasteiger partial charge is 0.116 e. The van der Waals surface area contributed by atoms with Crippen molar-refractivity contribution >= 4 is 12.5 Å². The molecule has 1 nitrogen and oxygen atoms in total. The van der Waals surface area contributed by atoms with Crippen LogP contribution in [0.4, 0.5) is 0 Å². The first-order valence-electron chi connectivity index (χ1n) is 7.65. The average Bonchev–Trinajstić information content (AvgIpc) is 2.59. The number of rotatable bonds is 3. The van der Waals surface area contributed by atoms with E-state index >= 15 is 0 Å². The van der Waals surface area contributed by atoms with Crippen LogP contribution in [0.3, 0.4) is 0 Å². The van der Waals surface area contributed by atoms with Gasteiger partial charge in [0.1, 0.15) is 5.66 Å². The van der Waals surface area contributed by atoms with Crippen molar-refractivity contribution in [1.82, 2.24) is 0 Å². The van der Waals surface area contributed by atoms with Crippen molar-refractivity contribution in [1.29, 1.82) is 0 Å². The molecule has 3 atom stereocenters. The van der Waals surface area contributed by atoms with Gasteiger partial charge < -0.3 is 0 Å². The maximum Gasteiger partial charge on any atom is 0.116 e. The van der Waals surface area contributed by atoms with Crippen molar-refractivity contribution in [2.75, 3.05) is 0 Å². The molecule has 0 spiro atoms. The predicted molar refractivity (Wildman–Crippen MR) is 92.7 cm³/mol. The number of allylic oxidation sites excluding steroid dienone is 12. The Morgan fingerprint density at radius 2 is 1.05 bits per heavy atom. The fraction of sp³-hybridized carbons (Fsp3) is 0.316. The van der Waals surface area contributed by atoms with Crippen LogP contribution < -0.4 is 0 Å². The van der Waals surface area contributed by atoms with E-state index < -0.39 is 6.89 Å². The second-order valence-corrected chi connectivity index (χ2v) is 9.62. The minimum atomic E-state index is -1.92. The van der Waals surface area contributed by atoms with Gasteiger partial charge in [-0.25, -0.2) is 4.79 Å². The SMILES string of the molecule is O=C=P(C1C=CC=CC1)(C1C=CC=CC1)C1C=CC=CC1. The molecule has 3 rings (SSSR count). The molecule has 2 heteroatoms. The Morgan fingerprint density at radius 1 is 0.667 bits per heavy atom. The van der Waals surface area contributed by atoms with Crippen LogP contribution in [-0.2, 0) is 4.79 Å². The fourth-order valence-corrected chi connectivity index (χ4v) is 8.04. The van der Waals surface area contributed by atoms with Crippen LogP contribution in [0.15, 0.2) is 72.9 Å². The summed E-state index contributed by atoms with van der Waals surface area (Å²) >= 11 is 0. The second kappa shape index (κ2) is 6.48. The molecule has 3 unspecified atom stereocenters. The van der Waals surface area contributed by atoms with Crippen molar-refractivity contribution < 1.29 is 4.79 Å². The zero-order chi connectivity index (χ0) is 14.5. The molecule has 0 aromatic carbocycles. The molecule has 0 aromatic heterocycles. The quantitative estimate of drug-likeness (QED) is 0.688. The minimum absolute atomic E-state index is 0.335. The lowest BCUT2D eigenvalue weighted by Gasteiger charge is -2.40. The van der Waals surface area contributed by atoms with Gasteiger partial charge in [-0.05, 0) is 26.1 Å². The van der Waals surface area contributed by atoms with E-state index in [9.17, 15) is 4.79 Å². The molecule has 0 N–H and O–H groups in total. The van der Waals surface area contributed by atoms with Crippen molar-refractivity contribution in [3.8, 4) is 0 Å². The van der Waals surface area contributed by atoms with Crippen molar-refractivity contribution in [3.05, 3.63) is 72.9 Å². The third kappa shape index (κ3) is 2.64. The summed E-state index contributed by atoms with van der Waals surface area (Å²) < 4.78 is 0. The summed E-state index contributed by atoms with van der Waals surface area (Å²) in [6.07, 6.45) is 28.8. The molecule has 0 saturated carbocycles. The molecule has 21 heavy (non-hydrogen) atoms. The van der Waals surface area contributed by atoms with Gasteiger partial charge in [0.15, 0.2) is 0 Å². The number of hydrogen-bond acceptors (Lipinski definition) is 1. The summed E-state index contributed by atoms with van der Waals surface area (Å²) in [6, 6.07) is 0. The van der Waals surface area contributed by atoms with Crippen molar-refractivity contribution in [2.24, 2.45) is 0 Å². The molecule has 0 fully saturated rings. The van der Waals surface area contributed by atoms with Gasteiger partial charge in [0, 0.05) is 17.0 Å². The molecular weight excluding hydrogens is 275 g/mol. The standard InChI is InChI=1S/C19H21OP/c20-16-21(17-10-4-1-5-11-17,18-12-6-2-7-13-18)19-14-8-3-9-15-19/h1-10,12,14,17-19H,11,13,15H2. The van der Waals surface area contributed by atoms with E-state index in [1.54, 1.807) is 0 Å². The van der Waals surface area contributed by atoms with Gasteiger partial charge in [0.2, 0.25) is 0 Å². The van der Waals surface area contributed by atoms with Crippen LogP contribution in [0.1, 0.15) is 19.3 Å². The lowest BCUT2D eigenvalue weighted by molar-refractivity contribution is 0.570. The zero-order valence-electron chi connectivity index (χ0n) is 12.1. The molecule has 0 heterocycles. The maximum absolute atomic E-state index is 12.3. The Labute approximate surface area is 127 Å².